The molecule has 0 aromatic heterocycles. The summed E-state index contributed by atoms with van der Waals surface area (Å²) in [6.45, 7) is 0. The molecule has 2 bridgehead atoms. The molecule has 5 heteroatoms. The lowest BCUT2D eigenvalue weighted by molar-refractivity contribution is -0.176. The van der Waals surface area contributed by atoms with Crippen LogP contribution in [0.1, 0.15) is 69.3 Å². The molecule has 3 aromatic rings. The Morgan fingerprint density at radius 2 is 1.18 bits per heavy atom. The maximum atomic E-state index is 13.0. The standard InChI is InChI=1S/C24H25S.C9H12F4/c1-4-10-20(11-5-1)21-16-18-24(19-17-21)25(22-12-6-2-7-13-22)23-14-8-3-9-15-23;10-8(11)9(12,13)7-4-5-1-2-6(7)3-5/h2-3,6-9,12-20H,1,4-5,10-11H2;5-8H,1-4H2/q+1;. The van der Waals surface area contributed by atoms with E-state index in [9.17, 15) is 17.6 Å². The van der Waals surface area contributed by atoms with Gasteiger partial charge in [0.1, 0.15) is 0 Å². The summed E-state index contributed by atoms with van der Waals surface area (Å²) >= 11 is 0. The predicted molar refractivity (Wildman–Crippen MR) is 147 cm³/mol. The molecule has 202 valence electrons. The summed E-state index contributed by atoms with van der Waals surface area (Å²) < 4.78 is 50.0. The Morgan fingerprint density at radius 1 is 0.632 bits per heavy atom. The molecule has 3 unspecified atom stereocenters. The van der Waals surface area contributed by atoms with Gasteiger partial charge in [0, 0.05) is 5.92 Å². The van der Waals surface area contributed by atoms with Crippen LogP contribution in [0.4, 0.5) is 17.6 Å². The van der Waals surface area contributed by atoms with Crippen LogP contribution in [0.15, 0.2) is 99.6 Å². The quantitative estimate of drug-likeness (QED) is 0.215. The fraction of sp³-hybridized carbons (Fsp3) is 0.455. The number of alkyl halides is 4. The Kier molecular flexibility index (Phi) is 8.82. The Morgan fingerprint density at radius 3 is 1.66 bits per heavy atom. The van der Waals surface area contributed by atoms with Gasteiger partial charge < -0.3 is 0 Å². The molecular formula is C33H37F4S+. The first-order valence-electron chi connectivity index (χ1n) is 14.0. The molecular weight excluding hydrogens is 504 g/mol. The lowest BCUT2D eigenvalue weighted by Gasteiger charge is -2.29. The molecule has 3 aliphatic rings. The molecule has 0 aliphatic heterocycles. The second-order valence-electron chi connectivity index (χ2n) is 11.1. The van der Waals surface area contributed by atoms with Crippen LogP contribution >= 0.6 is 0 Å². The summed E-state index contributed by atoms with van der Waals surface area (Å²) in [6, 6.07) is 31.3. The summed E-state index contributed by atoms with van der Waals surface area (Å²) in [5.74, 6) is -3.88. The van der Waals surface area contributed by atoms with Crippen LogP contribution in [-0.4, -0.2) is 12.3 Å². The maximum Gasteiger partial charge on any atom is 0.310 e. The van der Waals surface area contributed by atoms with Crippen molar-refractivity contribution in [3.05, 3.63) is 90.5 Å². The van der Waals surface area contributed by atoms with Crippen molar-refractivity contribution in [2.45, 2.75) is 90.7 Å². The molecule has 6 rings (SSSR count). The normalized spacial score (nSPS) is 23.5. The van der Waals surface area contributed by atoms with Crippen LogP contribution in [0.3, 0.4) is 0 Å². The highest BCUT2D eigenvalue weighted by molar-refractivity contribution is 7.97. The van der Waals surface area contributed by atoms with E-state index < -0.39 is 18.3 Å². The molecule has 0 nitrogen and oxygen atoms in total. The van der Waals surface area contributed by atoms with Gasteiger partial charge in [-0.1, -0.05) is 74.2 Å². The van der Waals surface area contributed by atoms with E-state index in [0.29, 0.717) is 12.3 Å². The molecule has 38 heavy (non-hydrogen) atoms. The van der Waals surface area contributed by atoms with Gasteiger partial charge in [-0.3, -0.25) is 0 Å². The van der Waals surface area contributed by atoms with Crippen LogP contribution in [0.2, 0.25) is 0 Å². The van der Waals surface area contributed by atoms with E-state index in [4.69, 9.17) is 0 Å². The lowest BCUT2D eigenvalue weighted by atomic mass is 9.84. The van der Waals surface area contributed by atoms with E-state index in [1.807, 2.05) is 0 Å². The van der Waals surface area contributed by atoms with E-state index >= 15 is 0 Å². The summed E-state index contributed by atoms with van der Waals surface area (Å²) in [7, 11) is -0.0278. The molecule has 0 spiro atoms. The monoisotopic (exact) mass is 541 g/mol. The molecule has 3 atom stereocenters. The van der Waals surface area contributed by atoms with Gasteiger partial charge in [-0.25, -0.2) is 8.78 Å². The average Bonchev–Trinajstić information content (AvgIpc) is 3.60. The van der Waals surface area contributed by atoms with Crippen LogP contribution in [0.25, 0.3) is 0 Å². The molecule has 0 amide bonds. The molecule has 3 saturated carbocycles. The Balaban J connectivity index is 0.000000190. The van der Waals surface area contributed by atoms with Gasteiger partial charge in [0.2, 0.25) is 0 Å². The largest absolute Gasteiger partial charge is 0.310 e. The van der Waals surface area contributed by atoms with Crippen LogP contribution in [0, 0.1) is 17.8 Å². The third-order valence-corrected chi connectivity index (χ3v) is 10.9. The topological polar surface area (TPSA) is 0 Å². The van der Waals surface area contributed by atoms with Crippen molar-refractivity contribution >= 4 is 10.9 Å². The van der Waals surface area contributed by atoms with Gasteiger partial charge in [0.25, 0.3) is 0 Å². The van der Waals surface area contributed by atoms with Crippen molar-refractivity contribution in [1.82, 2.24) is 0 Å². The van der Waals surface area contributed by atoms with Crippen molar-refractivity contribution in [1.29, 1.82) is 0 Å². The van der Waals surface area contributed by atoms with Gasteiger partial charge in [-0.2, -0.15) is 8.78 Å². The summed E-state index contributed by atoms with van der Waals surface area (Å²) in [5, 5.41) is 0. The number of hydrogen-bond acceptors (Lipinski definition) is 0. The van der Waals surface area contributed by atoms with Crippen LogP contribution in [0.5, 0.6) is 0 Å². The molecule has 3 aromatic carbocycles. The van der Waals surface area contributed by atoms with E-state index in [1.165, 1.54) is 52.4 Å². The molecule has 3 fully saturated rings. The van der Waals surface area contributed by atoms with E-state index in [0.717, 1.165) is 25.2 Å². The molecule has 0 N–H and O–H groups in total. The Bertz CT molecular complexity index is 1090. The van der Waals surface area contributed by atoms with E-state index in [-0.39, 0.29) is 16.8 Å². The number of fused-ring (bicyclic) bond motifs is 2. The highest BCUT2D eigenvalue weighted by Gasteiger charge is 2.56. The number of benzene rings is 3. The SMILES string of the molecule is FC(F)C(F)(F)C1CC2CCC1C2.c1ccc([S+](c2ccccc2)c2ccc(C3CCCCC3)cc2)cc1. The van der Waals surface area contributed by atoms with Gasteiger partial charge >= 0.3 is 12.3 Å². The van der Waals surface area contributed by atoms with E-state index in [1.54, 1.807) is 0 Å². The zero-order chi connectivity index (χ0) is 26.5. The van der Waals surface area contributed by atoms with Crippen LogP contribution in [-0.2, 0) is 10.9 Å². The minimum absolute atomic E-state index is 0.0278. The maximum absolute atomic E-state index is 13.0. The number of rotatable bonds is 6. The van der Waals surface area contributed by atoms with Gasteiger partial charge in [-0.15, -0.1) is 0 Å². The van der Waals surface area contributed by atoms with Crippen LogP contribution < -0.4 is 0 Å². The summed E-state index contributed by atoms with van der Waals surface area (Å²) in [5.41, 5.74) is 1.54. The highest BCUT2D eigenvalue weighted by atomic mass is 32.2. The average molecular weight is 542 g/mol. The summed E-state index contributed by atoms with van der Waals surface area (Å²) in [4.78, 5) is 4.19. The minimum atomic E-state index is -3.75. The van der Waals surface area contributed by atoms with Gasteiger partial charge in [0.05, 0.1) is 10.9 Å². The van der Waals surface area contributed by atoms with Gasteiger partial charge in [-0.05, 0) is 91.8 Å². The molecule has 0 heterocycles. The third kappa shape index (κ3) is 6.14. The Labute approximate surface area is 227 Å². The second-order valence-corrected chi connectivity index (χ2v) is 13.1. The van der Waals surface area contributed by atoms with Crippen molar-refractivity contribution < 1.29 is 17.6 Å². The van der Waals surface area contributed by atoms with E-state index in [2.05, 4.69) is 84.9 Å². The zero-order valence-corrected chi connectivity index (χ0v) is 22.6. The lowest BCUT2D eigenvalue weighted by Crippen LogP contribution is -2.38. The fourth-order valence-electron chi connectivity index (χ4n) is 6.71. The van der Waals surface area contributed by atoms with Crippen molar-refractivity contribution in [2.75, 3.05) is 0 Å². The molecule has 0 saturated heterocycles. The number of halogens is 4. The van der Waals surface area contributed by atoms with Crippen molar-refractivity contribution in [2.24, 2.45) is 17.8 Å². The predicted octanol–water partition coefficient (Wildman–Crippen LogP) is 10.2. The minimum Gasteiger partial charge on any atom is -0.204 e. The first kappa shape index (κ1) is 27.3. The first-order valence-corrected chi connectivity index (χ1v) is 15.3. The molecule has 3 aliphatic carbocycles. The van der Waals surface area contributed by atoms with Gasteiger partial charge in [0.15, 0.2) is 14.7 Å². The number of hydrogen-bond donors (Lipinski definition) is 0. The third-order valence-electron chi connectivity index (χ3n) is 8.67. The van der Waals surface area contributed by atoms with Crippen molar-refractivity contribution in [3.63, 3.8) is 0 Å². The second kappa shape index (κ2) is 12.3. The fourth-order valence-corrected chi connectivity index (χ4v) is 8.79. The smallest absolute Gasteiger partial charge is 0.204 e. The zero-order valence-electron chi connectivity index (χ0n) is 21.8. The Hall–Kier alpha value is -2.27. The first-order chi connectivity index (χ1) is 18.4. The summed E-state index contributed by atoms with van der Waals surface area (Å²) in [6.07, 6.45) is 6.17. The molecule has 0 radical (unpaired) electrons. The highest BCUT2D eigenvalue weighted by Crippen LogP contribution is 2.54. The van der Waals surface area contributed by atoms with Crippen molar-refractivity contribution in [3.8, 4) is 0 Å².